The molecule has 2 aromatic carbocycles. The van der Waals surface area contributed by atoms with Crippen molar-refractivity contribution in [2.24, 2.45) is 0 Å². The Bertz CT molecular complexity index is 1620. The van der Waals surface area contributed by atoms with Gasteiger partial charge in [0.15, 0.2) is 6.73 Å². The molecule has 0 aliphatic carbocycles. The summed E-state index contributed by atoms with van der Waals surface area (Å²) in [6.07, 6.45) is 1.44. The fraction of sp³-hybridized carbons (Fsp3) is 0.120. The first-order valence-corrected chi connectivity index (χ1v) is 11.0. The molecule has 0 atom stereocenters. The van der Waals surface area contributed by atoms with Crippen LogP contribution in [0.4, 0.5) is 10.1 Å². The van der Waals surface area contributed by atoms with Crippen molar-refractivity contribution in [1.29, 1.82) is 0 Å². The van der Waals surface area contributed by atoms with Crippen molar-refractivity contribution < 1.29 is 18.3 Å². The lowest BCUT2D eigenvalue weighted by Gasteiger charge is -2.22. The summed E-state index contributed by atoms with van der Waals surface area (Å²) in [5, 5.41) is 3.82. The van der Waals surface area contributed by atoms with Crippen LogP contribution in [0, 0.1) is 5.82 Å². The van der Waals surface area contributed by atoms with Gasteiger partial charge < -0.3 is 23.3 Å². The number of thiol groups is 1. The van der Waals surface area contributed by atoms with Crippen LogP contribution in [0.2, 0.25) is 0 Å². The quantitative estimate of drug-likeness (QED) is 0.350. The van der Waals surface area contributed by atoms with Crippen molar-refractivity contribution >= 4 is 46.3 Å². The van der Waals surface area contributed by atoms with Gasteiger partial charge in [0, 0.05) is 36.5 Å². The Labute approximate surface area is 199 Å². The van der Waals surface area contributed by atoms with Crippen LogP contribution in [0.5, 0.6) is 5.75 Å². The van der Waals surface area contributed by atoms with Crippen molar-refractivity contribution in [3.05, 3.63) is 66.2 Å². The number of carbonyl (C=O) groups excluding carboxylic acids is 1. The molecule has 1 amide bonds. The Hall–Kier alpha value is -3.98. The molecule has 34 heavy (non-hydrogen) atoms. The smallest absolute Gasteiger partial charge is 0.254 e. The fourth-order valence-electron chi connectivity index (χ4n) is 4.46. The molecule has 0 saturated carbocycles. The standard InChI is InChI=1S/C25H19FN4O3S/c1-27-25(31)16-11-32-23-10-20(29(2)34)15(8-13(16)23)18-6-7-22-24(28-18)21-9-14-17(26)4-3-5-19(14)30(21)12-33-22/h3-11,34H,12H2,1-2H3,(H,27,31). The van der Waals surface area contributed by atoms with E-state index in [0.717, 1.165) is 22.5 Å². The highest BCUT2D eigenvalue weighted by molar-refractivity contribution is 7.81. The van der Waals surface area contributed by atoms with Crippen LogP contribution in [0.3, 0.4) is 0 Å². The Morgan fingerprint density at radius 3 is 2.85 bits per heavy atom. The van der Waals surface area contributed by atoms with Crippen molar-refractivity contribution in [3.8, 4) is 28.4 Å². The molecule has 0 saturated heterocycles. The zero-order valence-corrected chi connectivity index (χ0v) is 19.2. The summed E-state index contributed by atoms with van der Waals surface area (Å²) in [6, 6.07) is 14.2. The minimum absolute atomic E-state index is 0.241. The number of nitrogens with zero attached hydrogens (tertiary/aromatic N) is 3. The summed E-state index contributed by atoms with van der Waals surface area (Å²) < 4.78 is 29.6. The van der Waals surface area contributed by atoms with Gasteiger partial charge in [-0.3, -0.25) is 4.79 Å². The van der Waals surface area contributed by atoms with E-state index in [4.69, 9.17) is 14.1 Å². The predicted octanol–water partition coefficient (Wildman–Crippen LogP) is 5.25. The number of ether oxygens (including phenoxy) is 1. The molecule has 0 unspecified atom stereocenters. The van der Waals surface area contributed by atoms with E-state index in [1.165, 1.54) is 12.3 Å². The highest BCUT2D eigenvalue weighted by Gasteiger charge is 2.24. The van der Waals surface area contributed by atoms with E-state index in [9.17, 15) is 9.18 Å². The van der Waals surface area contributed by atoms with Gasteiger partial charge in [0.05, 0.1) is 28.2 Å². The molecule has 5 aromatic rings. The molecule has 4 heterocycles. The van der Waals surface area contributed by atoms with Gasteiger partial charge in [0.25, 0.3) is 5.91 Å². The molecule has 1 aliphatic heterocycles. The van der Waals surface area contributed by atoms with Gasteiger partial charge >= 0.3 is 0 Å². The molecule has 0 bridgehead atoms. The first-order valence-electron chi connectivity index (χ1n) is 10.6. The molecule has 0 radical (unpaired) electrons. The largest absolute Gasteiger partial charge is 0.470 e. The van der Waals surface area contributed by atoms with Gasteiger partial charge in [-0.15, -0.1) is 0 Å². The second-order valence-corrected chi connectivity index (χ2v) is 8.66. The average Bonchev–Trinajstić information content (AvgIpc) is 3.44. The Morgan fingerprint density at radius 1 is 1.21 bits per heavy atom. The molecule has 1 N–H and O–H groups in total. The number of benzene rings is 2. The number of amides is 1. The maximum atomic E-state index is 14.5. The number of furan rings is 1. The lowest BCUT2D eigenvalue weighted by Crippen LogP contribution is -2.17. The number of hydrogen-bond acceptors (Lipinski definition) is 6. The number of halogens is 1. The van der Waals surface area contributed by atoms with E-state index in [1.807, 2.05) is 34.9 Å². The normalized spacial score (nSPS) is 12.4. The van der Waals surface area contributed by atoms with E-state index >= 15 is 0 Å². The Balaban J connectivity index is 1.58. The van der Waals surface area contributed by atoms with Crippen LogP contribution in [-0.4, -0.2) is 29.6 Å². The maximum absolute atomic E-state index is 14.5. The van der Waals surface area contributed by atoms with Crippen molar-refractivity contribution in [3.63, 3.8) is 0 Å². The Kier molecular flexibility index (Phi) is 4.56. The van der Waals surface area contributed by atoms with Crippen LogP contribution < -0.4 is 14.4 Å². The van der Waals surface area contributed by atoms with Crippen LogP contribution in [0.25, 0.3) is 44.5 Å². The molecule has 1 aliphatic rings. The van der Waals surface area contributed by atoms with E-state index in [-0.39, 0.29) is 18.5 Å². The zero-order chi connectivity index (χ0) is 23.6. The van der Waals surface area contributed by atoms with Gasteiger partial charge in [-0.1, -0.05) is 18.9 Å². The van der Waals surface area contributed by atoms with Crippen LogP contribution >= 0.6 is 12.8 Å². The van der Waals surface area contributed by atoms with Gasteiger partial charge in [0.2, 0.25) is 0 Å². The summed E-state index contributed by atoms with van der Waals surface area (Å²) in [5.41, 5.74) is 5.31. The summed E-state index contributed by atoms with van der Waals surface area (Å²) >= 11 is 4.50. The lowest BCUT2D eigenvalue weighted by atomic mass is 10.0. The lowest BCUT2D eigenvalue weighted by molar-refractivity contribution is 0.0964. The van der Waals surface area contributed by atoms with E-state index in [1.54, 1.807) is 30.5 Å². The number of fused-ring (bicyclic) bond motifs is 6. The van der Waals surface area contributed by atoms with Gasteiger partial charge in [-0.25, -0.2) is 9.37 Å². The summed E-state index contributed by atoms with van der Waals surface area (Å²) in [6.45, 7) is 0.275. The molecule has 9 heteroatoms. The monoisotopic (exact) mass is 474 g/mol. The highest BCUT2D eigenvalue weighted by Crippen LogP contribution is 2.41. The van der Waals surface area contributed by atoms with Crippen LogP contribution in [-0.2, 0) is 6.73 Å². The number of nitrogens with one attached hydrogen (secondary N) is 1. The predicted molar refractivity (Wildman–Crippen MR) is 132 cm³/mol. The average molecular weight is 475 g/mol. The first kappa shape index (κ1) is 20.6. The SMILES string of the molecule is CNC(=O)c1coc2cc(N(C)S)c(-c3ccc4c(n3)-c3cc5c(F)cccc5n3CO4)cc12. The minimum Gasteiger partial charge on any atom is -0.470 e. The van der Waals surface area contributed by atoms with E-state index in [0.29, 0.717) is 39.1 Å². The third-order valence-corrected chi connectivity index (χ3v) is 6.35. The summed E-state index contributed by atoms with van der Waals surface area (Å²) in [4.78, 5) is 17.3. The second kappa shape index (κ2) is 7.53. The van der Waals surface area contributed by atoms with Crippen molar-refractivity contribution in [2.75, 3.05) is 18.4 Å². The second-order valence-electron chi connectivity index (χ2n) is 8.06. The highest BCUT2D eigenvalue weighted by atomic mass is 32.1. The Morgan fingerprint density at radius 2 is 2.06 bits per heavy atom. The number of rotatable bonds is 3. The number of aromatic nitrogens is 2. The zero-order valence-electron chi connectivity index (χ0n) is 18.3. The van der Waals surface area contributed by atoms with Crippen LogP contribution in [0.1, 0.15) is 10.4 Å². The van der Waals surface area contributed by atoms with Gasteiger partial charge in [0.1, 0.15) is 29.1 Å². The molecule has 3 aromatic heterocycles. The van der Waals surface area contributed by atoms with E-state index < -0.39 is 0 Å². The minimum atomic E-state index is -0.289. The molecular formula is C25H19FN4O3S. The third kappa shape index (κ3) is 2.97. The number of carbonyl (C=O) groups is 1. The number of hydrogen-bond donors (Lipinski definition) is 2. The summed E-state index contributed by atoms with van der Waals surface area (Å²) in [5.74, 6) is 0.0916. The fourth-order valence-corrected chi connectivity index (χ4v) is 4.63. The summed E-state index contributed by atoms with van der Waals surface area (Å²) in [7, 11) is 3.38. The molecular weight excluding hydrogens is 455 g/mol. The van der Waals surface area contributed by atoms with Gasteiger partial charge in [-0.2, -0.15) is 0 Å². The first-order chi connectivity index (χ1) is 16.5. The molecule has 7 nitrogen and oxygen atoms in total. The maximum Gasteiger partial charge on any atom is 0.254 e. The topological polar surface area (TPSA) is 72.5 Å². The van der Waals surface area contributed by atoms with Crippen molar-refractivity contribution in [2.45, 2.75) is 6.73 Å². The van der Waals surface area contributed by atoms with Crippen LogP contribution in [0.15, 0.2) is 59.2 Å². The van der Waals surface area contributed by atoms with Gasteiger partial charge in [-0.05, 0) is 36.4 Å². The molecule has 170 valence electrons. The number of pyridine rings is 1. The third-order valence-electron chi connectivity index (χ3n) is 6.13. The van der Waals surface area contributed by atoms with Crippen molar-refractivity contribution in [1.82, 2.24) is 14.9 Å². The van der Waals surface area contributed by atoms with E-state index in [2.05, 4.69) is 18.1 Å². The molecule has 0 fully saturated rings. The molecule has 6 rings (SSSR count). The number of anilines is 1. The molecule has 0 spiro atoms.